The molecule has 3 aromatic rings. The molecular formula is C21H23ClN4O. The zero-order chi connectivity index (χ0) is 18.8. The smallest absolute Gasteiger partial charge is 0.227 e. The molecule has 0 saturated heterocycles. The molecule has 1 saturated carbocycles. The highest BCUT2D eigenvalue weighted by Crippen LogP contribution is 2.38. The van der Waals surface area contributed by atoms with E-state index in [-0.39, 0.29) is 11.8 Å². The summed E-state index contributed by atoms with van der Waals surface area (Å²) in [5.74, 6) is 0.949. The van der Waals surface area contributed by atoms with E-state index in [0.717, 1.165) is 37.0 Å². The van der Waals surface area contributed by atoms with Gasteiger partial charge in [-0.05, 0) is 61.9 Å². The van der Waals surface area contributed by atoms with Crippen LogP contribution in [-0.4, -0.2) is 20.5 Å². The zero-order valence-corrected chi connectivity index (χ0v) is 16.1. The van der Waals surface area contributed by atoms with Gasteiger partial charge in [-0.2, -0.15) is 5.10 Å². The number of benzene rings is 1. The van der Waals surface area contributed by atoms with E-state index in [9.17, 15) is 4.79 Å². The van der Waals surface area contributed by atoms with Crippen molar-refractivity contribution in [2.75, 3.05) is 5.32 Å². The fourth-order valence-electron chi connectivity index (χ4n) is 4.08. The van der Waals surface area contributed by atoms with E-state index in [0.29, 0.717) is 16.9 Å². The third kappa shape index (κ3) is 3.83. The van der Waals surface area contributed by atoms with E-state index in [4.69, 9.17) is 11.6 Å². The molecule has 1 N–H and O–H groups in total. The van der Waals surface area contributed by atoms with Gasteiger partial charge in [0.2, 0.25) is 5.91 Å². The van der Waals surface area contributed by atoms with Crippen LogP contribution in [0.2, 0.25) is 5.02 Å². The molecule has 6 heteroatoms. The number of rotatable bonds is 4. The molecule has 1 amide bonds. The minimum Gasteiger partial charge on any atom is -0.326 e. The standard InChI is InChI=1S/C21H23ClN4O/c1-14(21(27)25-18-8-6-17(22)7-9-18)15-2-4-16(5-3-15)19-10-12-23-20-11-13-24-26(19)20/h6-16H,2-5H2,1H3,(H,25,27)/t14-,15-,16-/m1/s1. The fraction of sp³-hybridized carbons (Fsp3) is 0.381. The SMILES string of the molecule is C[C@@H](C(=O)Nc1ccc(Cl)cc1)[C@H]1CC[C@H](c2ccnc3ccnn32)CC1. The van der Waals surface area contributed by atoms with Crippen molar-refractivity contribution in [1.82, 2.24) is 14.6 Å². The molecule has 4 rings (SSSR count). The molecule has 1 aliphatic rings. The van der Waals surface area contributed by atoms with Crippen molar-refractivity contribution in [3.05, 3.63) is 59.5 Å². The zero-order valence-electron chi connectivity index (χ0n) is 15.3. The summed E-state index contributed by atoms with van der Waals surface area (Å²) in [5.41, 5.74) is 2.91. The van der Waals surface area contributed by atoms with E-state index >= 15 is 0 Å². The van der Waals surface area contributed by atoms with Crippen LogP contribution in [-0.2, 0) is 4.79 Å². The highest BCUT2D eigenvalue weighted by Gasteiger charge is 2.30. The van der Waals surface area contributed by atoms with Gasteiger partial charge in [0.05, 0.1) is 6.20 Å². The molecule has 1 aromatic carbocycles. The molecule has 27 heavy (non-hydrogen) atoms. The van der Waals surface area contributed by atoms with Crippen LogP contribution in [0.25, 0.3) is 5.65 Å². The van der Waals surface area contributed by atoms with Crippen molar-refractivity contribution in [3.63, 3.8) is 0 Å². The molecule has 0 unspecified atom stereocenters. The van der Waals surface area contributed by atoms with Gasteiger partial charge in [0, 0.05) is 40.5 Å². The monoisotopic (exact) mass is 382 g/mol. The summed E-state index contributed by atoms with van der Waals surface area (Å²) in [6.07, 6.45) is 7.89. The Morgan fingerprint density at radius 2 is 1.85 bits per heavy atom. The van der Waals surface area contributed by atoms with Crippen LogP contribution in [0.5, 0.6) is 0 Å². The first kappa shape index (κ1) is 18.0. The van der Waals surface area contributed by atoms with Crippen LogP contribution < -0.4 is 5.32 Å². The second kappa shape index (κ2) is 7.69. The number of aromatic nitrogens is 3. The number of hydrogen-bond acceptors (Lipinski definition) is 3. The van der Waals surface area contributed by atoms with Gasteiger partial charge >= 0.3 is 0 Å². The van der Waals surface area contributed by atoms with Gasteiger partial charge in [0.15, 0.2) is 5.65 Å². The van der Waals surface area contributed by atoms with E-state index in [1.807, 2.05) is 35.8 Å². The second-order valence-corrected chi connectivity index (χ2v) is 7.80. The largest absolute Gasteiger partial charge is 0.326 e. The molecule has 2 aromatic heterocycles. The van der Waals surface area contributed by atoms with Crippen molar-refractivity contribution >= 4 is 28.8 Å². The van der Waals surface area contributed by atoms with Gasteiger partial charge in [-0.15, -0.1) is 0 Å². The van der Waals surface area contributed by atoms with Gasteiger partial charge in [0.25, 0.3) is 0 Å². The van der Waals surface area contributed by atoms with Crippen LogP contribution >= 0.6 is 11.6 Å². The number of fused-ring (bicyclic) bond motifs is 1. The number of hydrogen-bond donors (Lipinski definition) is 1. The summed E-state index contributed by atoms with van der Waals surface area (Å²) >= 11 is 5.90. The van der Waals surface area contributed by atoms with E-state index in [1.165, 1.54) is 5.69 Å². The first-order valence-electron chi connectivity index (χ1n) is 9.47. The maximum absolute atomic E-state index is 12.6. The Kier molecular flexibility index (Phi) is 5.12. The molecule has 2 heterocycles. The van der Waals surface area contributed by atoms with Crippen molar-refractivity contribution in [3.8, 4) is 0 Å². The highest BCUT2D eigenvalue weighted by atomic mass is 35.5. The number of nitrogens with one attached hydrogen (secondary N) is 1. The first-order valence-corrected chi connectivity index (χ1v) is 9.84. The average Bonchev–Trinajstić information content (AvgIpc) is 3.18. The number of halogens is 1. The quantitative estimate of drug-likeness (QED) is 0.695. The molecule has 1 atom stereocenters. The van der Waals surface area contributed by atoms with Gasteiger partial charge < -0.3 is 5.32 Å². The molecule has 140 valence electrons. The Hall–Kier alpha value is -2.40. The molecular weight excluding hydrogens is 360 g/mol. The minimum atomic E-state index is -0.0104. The summed E-state index contributed by atoms with van der Waals surface area (Å²) in [7, 11) is 0. The average molecular weight is 383 g/mol. The molecule has 1 fully saturated rings. The number of anilines is 1. The minimum absolute atomic E-state index is 0.0104. The summed E-state index contributed by atoms with van der Waals surface area (Å²) in [6, 6.07) is 11.3. The topological polar surface area (TPSA) is 59.3 Å². The Balaban J connectivity index is 1.37. The lowest BCUT2D eigenvalue weighted by Gasteiger charge is -2.32. The number of nitrogens with zero attached hydrogens (tertiary/aromatic N) is 3. The van der Waals surface area contributed by atoms with Crippen LogP contribution in [0.15, 0.2) is 48.8 Å². The van der Waals surface area contributed by atoms with E-state index in [1.54, 1.807) is 18.3 Å². The Morgan fingerprint density at radius 1 is 1.11 bits per heavy atom. The normalized spacial score (nSPS) is 21.1. The molecule has 0 bridgehead atoms. The second-order valence-electron chi connectivity index (χ2n) is 7.37. The van der Waals surface area contributed by atoms with Crippen LogP contribution in [0.3, 0.4) is 0 Å². The summed E-state index contributed by atoms with van der Waals surface area (Å²) in [6.45, 7) is 2.04. The van der Waals surface area contributed by atoms with Crippen molar-refractivity contribution in [2.45, 2.75) is 38.5 Å². The predicted molar refractivity (Wildman–Crippen MR) is 107 cm³/mol. The maximum atomic E-state index is 12.6. The number of amides is 1. The molecule has 0 aliphatic heterocycles. The van der Waals surface area contributed by atoms with Crippen molar-refractivity contribution in [1.29, 1.82) is 0 Å². The van der Waals surface area contributed by atoms with Crippen LogP contribution in [0.4, 0.5) is 5.69 Å². The third-order valence-electron chi connectivity index (χ3n) is 5.74. The summed E-state index contributed by atoms with van der Waals surface area (Å²) in [5, 5.41) is 8.09. The first-order chi connectivity index (χ1) is 13.1. The lowest BCUT2D eigenvalue weighted by Crippen LogP contribution is -2.29. The number of carbonyl (C=O) groups is 1. The van der Waals surface area contributed by atoms with Gasteiger partial charge in [-0.3, -0.25) is 4.79 Å². The number of carbonyl (C=O) groups excluding carboxylic acids is 1. The van der Waals surface area contributed by atoms with E-state index in [2.05, 4.69) is 21.5 Å². The lowest BCUT2D eigenvalue weighted by atomic mass is 9.75. The van der Waals surface area contributed by atoms with Crippen molar-refractivity contribution in [2.24, 2.45) is 11.8 Å². The van der Waals surface area contributed by atoms with Crippen LogP contribution in [0, 0.1) is 11.8 Å². The van der Waals surface area contributed by atoms with Gasteiger partial charge in [0.1, 0.15) is 0 Å². The van der Waals surface area contributed by atoms with Crippen LogP contribution in [0.1, 0.15) is 44.2 Å². The third-order valence-corrected chi connectivity index (χ3v) is 5.99. The van der Waals surface area contributed by atoms with E-state index < -0.39 is 0 Å². The molecule has 5 nitrogen and oxygen atoms in total. The predicted octanol–water partition coefficient (Wildman–Crippen LogP) is 4.93. The Bertz CT molecular complexity index is 929. The highest BCUT2D eigenvalue weighted by molar-refractivity contribution is 6.30. The Labute approximate surface area is 163 Å². The lowest BCUT2D eigenvalue weighted by molar-refractivity contribution is -0.121. The van der Waals surface area contributed by atoms with Gasteiger partial charge in [-0.25, -0.2) is 9.50 Å². The van der Waals surface area contributed by atoms with Gasteiger partial charge in [-0.1, -0.05) is 18.5 Å². The molecule has 0 spiro atoms. The summed E-state index contributed by atoms with van der Waals surface area (Å²) in [4.78, 5) is 17.0. The maximum Gasteiger partial charge on any atom is 0.227 e. The molecule has 0 radical (unpaired) electrons. The van der Waals surface area contributed by atoms with Crippen molar-refractivity contribution < 1.29 is 4.79 Å². The Morgan fingerprint density at radius 3 is 2.59 bits per heavy atom. The molecule has 1 aliphatic carbocycles. The fourth-order valence-corrected chi connectivity index (χ4v) is 4.21. The summed E-state index contributed by atoms with van der Waals surface area (Å²) < 4.78 is 1.95.